The maximum Gasteiger partial charge on any atom is 0.113 e. The summed E-state index contributed by atoms with van der Waals surface area (Å²) in [5, 5.41) is 2.59. The topological polar surface area (TPSA) is 4.93 Å². The maximum absolute atomic E-state index is 5.86. The summed E-state index contributed by atoms with van der Waals surface area (Å²) in [6.07, 6.45) is 0. The van der Waals surface area contributed by atoms with Crippen LogP contribution in [0, 0.1) is 0 Å². The molecule has 0 N–H and O–H groups in total. The number of nitrogens with zero attached hydrogens (tertiary/aromatic N) is 1. The molecular weight excluding hydrogens is 193 g/mol. The Morgan fingerprint density at radius 3 is 2.56 bits per heavy atom. The van der Waals surface area contributed by atoms with E-state index in [4.69, 9.17) is 7.85 Å². The predicted molar refractivity (Wildman–Crippen MR) is 70.5 cm³/mol. The fourth-order valence-corrected chi connectivity index (χ4v) is 2.41. The highest BCUT2D eigenvalue weighted by molar-refractivity contribution is 6.33. The van der Waals surface area contributed by atoms with Crippen molar-refractivity contribution in [1.82, 2.24) is 4.57 Å². The van der Waals surface area contributed by atoms with Gasteiger partial charge < -0.3 is 4.57 Å². The standard InChI is InChI=1S/C14H12BN/c1-2-16-13-6-4-3-5-11(13)12-8-7-10(15)9-14(12)16/h3-9H,2H2,1H3. The molecule has 0 aliphatic heterocycles. The molecule has 0 unspecified atom stereocenters. The van der Waals surface area contributed by atoms with Gasteiger partial charge in [0.1, 0.15) is 7.85 Å². The van der Waals surface area contributed by atoms with Gasteiger partial charge in [-0.1, -0.05) is 35.8 Å². The molecule has 0 fully saturated rings. The average Bonchev–Trinajstić information content (AvgIpc) is 2.61. The van der Waals surface area contributed by atoms with Crippen LogP contribution in [0.4, 0.5) is 0 Å². The van der Waals surface area contributed by atoms with Crippen LogP contribution in [0.1, 0.15) is 6.92 Å². The summed E-state index contributed by atoms with van der Waals surface area (Å²) < 4.78 is 2.31. The van der Waals surface area contributed by atoms with Crippen molar-refractivity contribution in [3.63, 3.8) is 0 Å². The second kappa shape index (κ2) is 3.41. The summed E-state index contributed by atoms with van der Waals surface area (Å²) in [5.74, 6) is 0. The number of benzene rings is 2. The number of hydrogen-bond donors (Lipinski definition) is 0. The van der Waals surface area contributed by atoms with Gasteiger partial charge in [0.25, 0.3) is 0 Å². The van der Waals surface area contributed by atoms with Gasteiger partial charge in [-0.3, -0.25) is 0 Å². The molecule has 0 spiro atoms. The summed E-state index contributed by atoms with van der Waals surface area (Å²) in [6, 6.07) is 14.6. The number of aromatic nitrogens is 1. The van der Waals surface area contributed by atoms with Crippen LogP contribution in [-0.4, -0.2) is 12.4 Å². The van der Waals surface area contributed by atoms with Crippen LogP contribution in [-0.2, 0) is 6.54 Å². The third-order valence-corrected chi connectivity index (χ3v) is 3.11. The van der Waals surface area contributed by atoms with Gasteiger partial charge in [-0.2, -0.15) is 0 Å². The molecule has 0 saturated heterocycles. The lowest BCUT2D eigenvalue weighted by atomic mass is 9.95. The first kappa shape index (κ1) is 9.53. The van der Waals surface area contributed by atoms with Crippen LogP contribution >= 0.6 is 0 Å². The molecule has 0 bridgehead atoms. The Labute approximate surface area is 96.1 Å². The number of fused-ring (bicyclic) bond motifs is 3. The van der Waals surface area contributed by atoms with Gasteiger partial charge in [-0.15, -0.1) is 0 Å². The van der Waals surface area contributed by atoms with Gasteiger partial charge in [0.15, 0.2) is 0 Å². The molecule has 2 radical (unpaired) electrons. The Bertz CT molecular complexity index is 667. The van der Waals surface area contributed by atoms with E-state index >= 15 is 0 Å². The molecule has 0 aliphatic carbocycles. The van der Waals surface area contributed by atoms with Crippen LogP contribution in [0.5, 0.6) is 0 Å². The molecule has 1 aromatic heterocycles. The predicted octanol–water partition coefficient (Wildman–Crippen LogP) is 2.61. The fraction of sp³-hybridized carbons (Fsp3) is 0.143. The summed E-state index contributed by atoms with van der Waals surface area (Å²) in [5.41, 5.74) is 3.33. The van der Waals surface area contributed by atoms with Gasteiger partial charge in [-0.05, 0) is 19.1 Å². The van der Waals surface area contributed by atoms with E-state index in [2.05, 4.69) is 47.9 Å². The molecule has 3 rings (SSSR count). The van der Waals surface area contributed by atoms with Crippen molar-refractivity contribution in [3.05, 3.63) is 42.5 Å². The number of para-hydroxylation sites is 1. The van der Waals surface area contributed by atoms with Gasteiger partial charge in [-0.25, -0.2) is 0 Å². The Balaban J connectivity index is 2.58. The average molecular weight is 205 g/mol. The molecule has 2 heteroatoms. The lowest BCUT2D eigenvalue weighted by Crippen LogP contribution is -2.02. The minimum atomic E-state index is 0.824. The second-order valence-electron chi connectivity index (χ2n) is 4.04. The van der Waals surface area contributed by atoms with Crippen LogP contribution in [0.15, 0.2) is 42.5 Å². The summed E-state index contributed by atoms with van der Waals surface area (Å²) >= 11 is 0. The van der Waals surface area contributed by atoms with Crippen LogP contribution in [0.25, 0.3) is 21.8 Å². The number of hydrogen-bond acceptors (Lipinski definition) is 0. The second-order valence-corrected chi connectivity index (χ2v) is 4.04. The zero-order valence-electron chi connectivity index (χ0n) is 9.27. The van der Waals surface area contributed by atoms with Crippen LogP contribution < -0.4 is 5.46 Å². The zero-order chi connectivity index (χ0) is 11.1. The lowest BCUT2D eigenvalue weighted by Gasteiger charge is -2.03. The minimum absolute atomic E-state index is 0.824. The highest BCUT2D eigenvalue weighted by Crippen LogP contribution is 2.27. The first-order valence-corrected chi connectivity index (χ1v) is 5.57. The monoisotopic (exact) mass is 205 g/mol. The van der Waals surface area contributed by atoms with Crippen molar-refractivity contribution in [2.75, 3.05) is 0 Å². The maximum atomic E-state index is 5.86. The van der Waals surface area contributed by atoms with Gasteiger partial charge in [0.2, 0.25) is 0 Å². The van der Waals surface area contributed by atoms with E-state index in [-0.39, 0.29) is 0 Å². The quantitative estimate of drug-likeness (QED) is 0.538. The van der Waals surface area contributed by atoms with Crippen molar-refractivity contribution in [2.24, 2.45) is 0 Å². The van der Waals surface area contributed by atoms with Gasteiger partial charge >= 0.3 is 0 Å². The molecule has 76 valence electrons. The van der Waals surface area contributed by atoms with E-state index in [9.17, 15) is 0 Å². The largest absolute Gasteiger partial charge is 0.341 e. The summed E-state index contributed by atoms with van der Waals surface area (Å²) in [6.45, 7) is 3.13. The summed E-state index contributed by atoms with van der Waals surface area (Å²) in [4.78, 5) is 0. The van der Waals surface area contributed by atoms with E-state index in [0.29, 0.717) is 0 Å². The molecule has 3 aromatic rings. The van der Waals surface area contributed by atoms with Crippen molar-refractivity contribution in [1.29, 1.82) is 0 Å². The molecular formula is C14H12BN. The number of rotatable bonds is 1. The van der Waals surface area contributed by atoms with Crippen LogP contribution in [0.2, 0.25) is 0 Å². The van der Waals surface area contributed by atoms with Crippen molar-refractivity contribution in [2.45, 2.75) is 13.5 Å². The van der Waals surface area contributed by atoms with Crippen molar-refractivity contribution < 1.29 is 0 Å². The molecule has 0 aliphatic rings. The molecule has 0 saturated carbocycles. The van der Waals surface area contributed by atoms with Crippen LogP contribution in [0.3, 0.4) is 0 Å². The summed E-state index contributed by atoms with van der Waals surface area (Å²) in [7, 11) is 5.86. The first-order chi connectivity index (χ1) is 7.81. The molecule has 0 atom stereocenters. The normalized spacial score (nSPS) is 11.3. The Kier molecular flexibility index (Phi) is 2.03. The van der Waals surface area contributed by atoms with E-state index in [1.165, 1.54) is 21.8 Å². The highest BCUT2D eigenvalue weighted by Gasteiger charge is 2.07. The first-order valence-electron chi connectivity index (χ1n) is 5.57. The van der Waals surface area contributed by atoms with E-state index < -0.39 is 0 Å². The van der Waals surface area contributed by atoms with E-state index in [1.807, 2.05) is 6.07 Å². The van der Waals surface area contributed by atoms with Crippen molar-refractivity contribution in [3.8, 4) is 0 Å². The Morgan fingerprint density at radius 2 is 1.75 bits per heavy atom. The Hall–Kier alpha value is -1.70. The molecule has 2 aromatic carbocycles. The van der Waals surface area contributed by atoms with Gasteiger partial charge in [0.05, 0.1) is 0 Å². The molecule has 1 heterocycles. The Morgan fingerprint density at radius 1 is 1.00 bits per heavy atom. The van der Waals surface area contributed by atoms with Gasteiger partial charge in [0, 0.05) is 28.4 Å². The lowest BCUT2D eigenvalue weighted by molar-refractivity contribution is 0.827. The smallest absolute Gasteiger partial charge is 0.113 e. The third kappa shape index (κ3) is 1.19. The van der Waals surface area contributed by atoms with E-state index in [0.717, 1.165) is 12.0 Å². The van der Waals surface area contributed by atoms with Crippen molar-refractivity contribution >= 4 is 35.1 Å². The fourth-order valence-electron chi connectivity index (χ4n) is 2.41. The molecule has 0 amide bonds. The third-order valence-electron chi connectivity index (χ3n) is 3.11. The highest BCUT2D eigenvalue weighted by atomic mass is 15.0. The molecule has 1 nitrogen and oxygen atoms in total. The molecule has 16 heavy (non-hydrogen) atoms. The SMILES string of the molecule is [B]c1ccc2c3ccccc3n(CC)c2c1. The minimum Gasteiger partial charge on any atom is -0.341 e. The van der Waals surface area contributed by atoms with E-state index in [1.54, 1.807) is 0 Å². The zero-order valence-corrected chi connectivity index (χ0v) is 9.27. The number of aryl methyl sites for hydroxylation is 1.